The van der Waals surface area contributed by atoms with Crippen molar-refractivity contribution >= 4 is 0 Å². The molecule has 1 saturated heterocycles. The van der Waals surface area contributed by atoms with E-state index in [1.54, 1.807) is 0 Å². The van der Waals surface area contributed by atoms with Crippen molar-refractivity contribution in [1.82, 2.24) is 5.43 Å². The normalized spacial score (nSPS) is 25.4. The maximum atomic E-state index is 5.62. The van der Waals surface area contributed by atoms with Gasteiger partial charge >= 0.3 is 0 Å². The molecule has 0 bridgehead atoms. The summed E-state index contributed by atoms with van der Waals surface area (Å²) in [7, 11) is 0. The van der Waals surface area contributed by atoms with Gasteiger partial charge < -0.3 is 4.74 Å². The predicted molar refractivity (Wildman–Crippen MR) is 63.4 cm³/mol. The Bertz CT molecular complexity index is 158. The van der Waals surface area contributed by atoms with Gasteiger partial charge in [-0.25, -0.2) is 0 Å². The number of hydrogen-bond donors (Lipinski definition) is 2. The highest BCUT2D eigenvalue weighted by molar-refractivity contribution is 4.74. The van der Waals surface area contributed by atoms with E-state index < -0.39 is 0 Å². The Morgan fingerprint density at radius 1 is 1.47 bits per heavy atom. The monoisotopic (exact) mass is 214 g/mol. The summed E-state index contributed by atoms with van der Waals surface area (Å²) in [6.45, 7) is 5.46. The zero-order valence-electron chi connectivity index (χ0n) is 10.2. The van der Waals surface area contributed by atoms with Crippen LogP contribution in [-0.2, 0) is 4.74 Å². The molecule has 0 radical (unpaired) electrons. The van der Waals surface area contributed by atoms with Gasteiger partial charge in [-0.3, -0.25) is 11.3 Å². The maximum Gasteiger partial charge on any atom is 0.0576 e. The number of ether oxygens (including phenoxy) is 1. The minimum absolute atomic E-state index is 0.453. The van der Waals surface area contributed by atoms with Crippen molar-refractivity contribution in [2.24, 2.45) is 11.8 Å². The lowest BCUT2D eigenvalue weighted by atomic mass is 9.92. The van der Waals surface area contributed by atoms with Gasteiger partial charge in [0.25, 0.3) is 0 Å². The van der Waals surface area contributed by atoms with Gasteiger partial charge in [-0.1, -0.05) is 20.3 Å². The Hall–Kier alpha value is -0.120. The Balaban J connectivity index is 2.19. The van der Waals surface area contributed by atoms with Crippen molar-refractivity contribution in [2.75, 3.05) is 6.61 Å². The van der Waals surface area contributed by atoms with E-state index in [2.05, 4.69) is 19.3 Å². The third-order valence-electron chi connectivity index (χ3n) is 3.47. The Morgan fingerprint density at radius 3 is 2.80 bits per heavy atom. The number of nitrogens with two attached hydrogens (primary N) is 1. The molecule has 0 amide bonds. The summed E-state index contributed by atoms with van der Waals surface area (Å²) in [5.41, 5.74) is 2.96. The molecular formula is C12H26N2O. The number of hydrogen-bond acceptors (Lipinski definition) is 3. The van der Waals surface area contributed by atoms with E-state index in [4.69, 9.17) is 10.6 Å². The third-order valence-corrected chi connectivity index (χ3v) is 3.47. The van der Waals surface area contributed by atoms with Gasteiger partial charge in [0.1, 0.15) is 0 Å². The molecule has 3 atom stereocenters. The van der Waals surface area contributed by atoms with Crippen LogP contribution >= 0.6 is 0 Å². The highest BCUT2D eigenvalue weighted by atomic mass is 16.5. The first-order valence-electron chi connectivity index (χ1n) is 6.35. The fraction of sp³-hybridized carbons (Fsp3) is 1.00. The van der Waals surface area contributed by atoms with Crippen LogP contribution < -0.4 is 11.3 Å². The molecule has 1 heterocycles. The van der Waals surface area contributed by atoms with E-state index >= 15 is 0 Å². The second kappa shape index (κ2) is 7.20. The van der Waals surface area contributed by atoms with Crippen LogP contribution in [0.1, 0.15) is 52.4 Å². The zero-order chi connectivity index (χ0) is 11.1. The van der Waals surface area contributed by atoms with E-state index in [9.17, 15) is 0 Å². The minimum atomic E-state index is 0.453. The summed E-state index contributed by atoms with van der Waals surface area (Å²) in [4.78, 5) is 0. The Morgan fingerprint density at radius 2 is 2.27 bits per heavy atom. The molecule has 3 nitrogen and oxygen atoms in total. The summed E-state index contributed by atoms with van der Waals surface area (Å²) < 4.78 is 5.62. The standard InChI is InChI=1S/C12H26N2O/c1-3-5-10(2)12(14-13)8-7-11-6-4-9-15-11/h10-12,14H,3-9,13H2,1-2H3. The van der Waals surface area contributed by atoms with Crippen LogP contribution in [0.3, 0.4) is 0 Å². The van der Waals surface area contributed by atoms with E-state index in [1.807, 2.05) is 0 Å². The quantitative estimate of drug-likeness (QED) is 0.504. The average molecular weight is 214 g/mol. The van der Waals surface area contributed by atoms with Gasteiger partial charge in [0.2, 0.25) is 0 Å². The highest BCUT2D eigenvalue weighted by Crippen LogP contribution is 2.21. The van der Waals surface area contributed by atoms with Crippen molar-refractivity contribution in [3.05, 3.63) is 0 Å². The third kappa shape index (κ3) is 4.49. The molecule has 0 aromatic rings. The van der Waals surface area contributed by atoms with Gasteiger partial charge in [-0.05, 0) is 38.0 Å². The molecule has 3 heteroatoms. The second-order valence-electron chi connectivity index (χ2n) is 4.75. The molecule has 0 aliphatic carbocycles. The molecule has 90 valence electrons. The van der Waals surface area contributed by atoms with Gasteiger partial charge in [0, 0.05) is 12.6 Å². The molecule has 1 rings (SSSR count). The zero-order valence-corrected chi connectivity index (χ0v) is 10.2. The lowest BCUT2D eigenvalue weighted by Gasteiger charge is -2.24. The predicted octanol–water partition coefficient (Wildman–Crippen LogP) is 2.21. The van der Waals surface area contributed by atoms with Gasteiger partial charge in [-0.15, -0.1) is 0 Å². The summed E-state index contributed by atoms with van der Waals surface area (Å²) in [6, 6.07) is 0.453. The summed E-state index contributed by atoms with van der Waals surface area (Å²) in [5, 5.41) is 0. The molecule has 0 spiro atoms. The smallest absolute Gasteiger partial charge is 0.0576 e. The van der Waals surface area contributed by atoms with Crippen LogP contribution in [0, 0.1) is 5.92 Å². The lowest BCUT2D eigenvalue weighted by molar-refractivity contribution is 0.0972. The first-order chi connectivity index (χ1) is 7.27. The molecule has 1 fully saturated rings. The SMILES string of the molecule is CCCC(C)C(CCC1CCCO1)NN. The summed E-state index contributed by atoms with van der Waals surface area (Å²) in [5.74, 6) is 6.27. The van der Waals surface area contributed by atoms with E-state index in [1.165, 1.54) is 25.7 Å². The summed E-state index contributed by atoms with van der Waals surface area (Å²) >= 11 is 0. The van der Waals surface area contributed by atoms with Crippen LogP contribution in [0.4, 0.5) is 0 Å². The molecule has 15 heavy (non-hydrogen) atoms. The first kappa shape index (κ1) is 12.9. The largest absolute Gasteiger partial charge is 0.378 e. The number of nitrogens with one attached hydrogen (secondary N) is 1. The fourth-order valence-electron chi connectivity index (χ4n) is 2.43. The first-order valence-corrected chi connectivity index (χ1v) is 6.35. The average Bonchev–Trinajstić information content (AvgIpc) is 2.72. The number of hydrazine groups is 1. The molecule has 0 aromatic carbocycles. The molecule has 0 saturated carbocycles. The summed E-state index contributed by atoms with van der Waals surface area (Å²) in [6.07, 6.45) is 7.75. The Kier molecular flexibility index (Phi) is 6.22. The fourth-order valence-corrected chi connectivity index (χ4v) is 2.43. The topological polar surface area (TPSA) is 47.3 Å². The Labute approximate surface area is 93.7 Å². The molecule has 1 aliphatic rings. The van der Waals surface area contributed by atoms with E-state index in [0.717, 1.165) is 19.4 Å². The van der Waals surface area contributed by atoms with Crippen LogP contribution in [-0.4, -0.2) is 18.8 Å². The van der Waals surface area contributed by atoms with Gasteiger partial charge in [0.05, 0.1) is 6.10 Å². The van der Waals surface area contributed by atoms with Crippen molar-refractivity contribution in [3.63, 3.8) is 0 Å². The van der Waals surface area contributed by atoms with Crippen LogP contribution in [0.15, 0.2) is 0 Å². The number of rotatable bonds is 7. The van der Waals surface area contributed by atoms with Crippen LogP contribution in [0.5, 0.6) is 0 Å². The molecule has 3 unspecified atom stereocenters. The van der Waals surface area contributed by atoms with Gasteiger partial charge in [0.15, 0.2) is 0 Å². The van der Waals surface area contributed by atoms with Crippen molar-refractivity contribution < 1.29 is 4.74 Å². The van der Waals surface area contributed by atoms with Crippen molar-refractivity contribution in [1.29, 1.82) is 0 Å². The second-order valence-corrected chi connectivity index (χ2v) is 4.75. The van der Waals surface area contributed by atoms with Crippen LogP contribution in [0.2, 0.25) is 0 Å². The van der Waals surface area contributed by atoms with E-state index in [0.29, 0.717) is 18.1 Å². The van der Waals surface area contributed by atoms with E-state index in [-0.39, 0.29) is 0 Å². The molecule has 0 aromatic heterocycles. The molecule has 3 N–H and O–H groups in total. The molecular weight excluding hydrogens is 188 g/mol. The highest BCUT2D eigenvalue weighted by Gasteiger charge is 2.20. The van der Waals surface area contributed by atoms with Gasteiger partial charge in [-0.2, -0.15) is 0 Å². The maximum absolute atomic E-state index is 5.62. The minimum Gasteiger partial charge on any atom is -0.378 e. The lowest BCUT2D eigenvalue weighted by Crippen LogP contribution is -2.40. The van der Waals surface area contributed by atoms with Crippen LogP contribution in [0.25, 0.3) is 0 Å². The molecule has 1 aliphatic heterocycles. The van der Waals surface area contributed by atoms with Crippen molar-refractivity contribution in [2.45, 2.75) is 64.5 Å². The van der Waals surface area contributed by atoms with Crippen molar-refractivity contribution in [3.8, 4) is 0 Å².